The van der Waals surface area contributed by atoms with Crippen LogP contribution in [0.25, 0.3) is 0 Å². The second-order valence-electron chi connectivity index (χ2n) is 5.26. The quantitative estimate of drug-likeness (QED) is 0.847. The Kier molecular flexibility index (Phi) is 3.79. The van der Waals surface area contributed by atoms with Gasteiger partial charge in [0, 0.05) is 37.3 Å². The molecule has 1 fully saturated rings. The molecule has 0 spiro atoms. The van der Waals surface area contributed by atoms with Crippen LogP contribution in [0.2, 0.25) is 0 Å². The van der Waals surface area contributed by atoms with E-state index in [1.807, 2.05) is 19.1 Å². The lowest BCUT2D eigenvalue weighted by atomic mass is 10.1. The highest BCUT2D eigenvalue weighted by molar-refractivity contribution is 5.24. The zero-order chi connectivity index (χ0) is 12.4. The summed E-state index contributed by atoms with van der Waals surface area (Å²) in [6.45, 7) is 9.04. The summed E-state index contributed by atoms with van der Waals surface area (Å²) in [5.74, 6) is -0.0885. The summed E-state index contributed by atoms with van der Waals surface area (Å²) in [5.41, 5.74) is 1.93. The van der Waals surface area contributed by atoms with Crippen molar-refractivity contribution in [1.29, 1.82) is 0 Å². The molecule has 0 amide bonds. The molecular formula is C14H21FN2. The maximum absolute atomic E-state index is 13.7. The molecule has 0 saturated carbocycles. The lowest BCUT2D eigenvalue weighted by molar-refractivity contribution is 0.165. The van der Waals surface area contributed by atoms with Crippen molar-refractivity contribution in [3.8, 4) is 0 Å². The molecule has 17 heavy (non-hydrogen) atoms. The maximum atomic E-state index is 13.7. The number of nitrogens with zero attached hydrogens (tertiary/aromatic N) is 1. The van der Waals surface area contributed by atoms with E-state index in [0.29, 0.717) is 18.6 Å². The molecule has 0 radical (unpaired) electrons. The predicted octanol–water partition coefficient (Wildman–Crippen LogP) is 2.32. The standard InChI is InChI=1S/C14H21FN2/c1-10-4-5-14(15)13(6-10)9-17-7-11(2)16-12(3)8-17/h4-6,11-12,16H,7-9H2,1-3H3. The number of rotatable bonds is 2. The molecule has 1 aliphatic heterocycles. The largest absolute Gasteiger partial charge is 0.309 e. The van der Waals surface area contributed by atoms with Crippen LogP contribution in [0.4, 0.5) is 4.39 Å². The molecule has 0 aromatic heterocycles. The van der Waals surface area contributed by atoms with E-state index in [9.17, 15) is 4.39 Å². The molecule has 2 nitrogen and oxygen atoms in total. The van der Waals surface area contributed by atoms with Crippen LogP contribution in [-0.4, -0.2) is 30.1 Å². The molecule has 1 heterocycles. The van der Waals surface area contributed by atoms with Gasteiger partial charge >= 0.3 is 0 Å². The molecular weight excluding hydrogens is 215 g/mol. The molecule has 2 unspecified atom stereocenters. The first-order chi connectivity index (χ1) is 8.04. The first kappa shape index (κ1) is 12.5. The summed E-state index contributed by atoms with van der Waals surface area (Å²) in [6, 6.07) is 6.30. The van der Waals surface area contributed by atoms with Gasteiger partial charge in [-0.3, -0.25) is 4.90 Å². The highest BCUT2D eigenvalue weighted by Gasteiger charge is 2.21. The van der Waals surface area contributed by atoms with E-state index >= 15 is 0 Å². The molecule has 2 atom stereocenters. The maximum Gasteiger partial charge on any atom is 0.127 e. The van der Waals surface area contributed by atoms with Crippen LogP contribution in [0.3, 0.4) is 0 Å². The van der Waals surface area contributed by atoms with Gasteiger partial charge < -0.3 is 5.32 Å². The van der Waals surface area contributed by atoms with E-state index in [4.69, 9.17) is 0 Å². The second-order valence-corrected chi connectivity index (χ2v) is 5.26. The third-order valence-electron chi connectivity index (χ3n) is 3.23. The lowest BCUT2D eigenvalue weighted by Crippen LogP contribution is -2.53. The summed E-state index contributed by atoms with van der Waals surface area (Å²) < 4.78 is 13.7. The fraction of sp³-hybridized carbons (Fsp3) is 0.571. The van der Waals surface area contributed by atoms with E-state index in [-0.39, 0.29) is 5.82 Å². The van der Waals surface area contributed by atoms with Gasteiger partial charge in [0.1, 0.15) is 5.82 Å². The Balaban J connectivity index is 2.07. The highest BCUT2D eigenvalue weighted by Crippen LogP contribution is 2.15. The normalized spacial score (nSPS) is 26.1. The molecule has 1 aliphatic rings. The average Bonchev–Trinajstić information content (AvgIpc) is 2.22. The van der Waals surface area contributed by atoms with Crippen molar-refractivity contribution in [2.24, 2.45) is 0 Å². The molecule has 2 rings (SSSR count). The summed E-state index contributed by atoms with van der Waals surface area (Å²) >= 11 is 0. The minimum atomic E-state index is -0.0885. The highest BCUT2D eigenvalue weighted by atomic mass is 19.1. The van der Waals surface area contributed by atoms with Crippen LogP contribution < -0.4 is 5.32 Å². The van der Waals surface area contributed by atoms with Gasteiger partial charge in [-0.25, -0.2) is 4.39 Å². The minimum Gasteiger partial charge on any atom is -0.309 e. The Morgan fingerprint density at radius 2 is 1.94 bits per heavy atom. The fourth-order valence-electron chi connectivity index (χ4n) is 2.63. The van der Waals surface area contributed by atoms with Crippen molar-refractivity contribution >= 4 is 0 Å². The monoisotopic (exact) mass is 236 g/mol. The van der Waals surface area contributed by atoms with Crippen molar-refractivity contribution in [2.75, 3.05) is 13.1 Å². The molecule has 0 aliphatic carbocycles. The minimum absolute atomic E-state index is 0.0885. The second kappa shape index (κ2) is 5.15. The number of piperazine rings is 1. The summed E-state index contributed by atoms with van der Waals surface area (Å²) in [6.07, 6.45) is 0. The van der Waals surface area contributed by atoms with Crippen molar-refractivity contribution in [3.63, 3.8) is 0 Å². The lowest BCUT2D eigenvalue weighted by Gasteiger charge is -2.36. The molecule has 1 N–H and O–H groups in total. The smallest absolute Gasteiger partial charge is 0.127 e. The van der Waals surface area contributed by atoms with Crippen LogP contribution in [0.1, 0.15) is 25.0 Å². The van der Waals surface area contributed by atoms with Crippen molar-refractivity contribution < 1.29 is 4.39 Å². The van der Waals surface area contributed by atoms with Crippen LogP contribution in [0, 0.1) is 12.7 Å². The summed E-state index contributed by atoms with van der Waals surface area (Å²) in [7, 11) is 0. The molecule has 1 saturated heterocycles. The van der Waals surface area contributed by atoms with Crippen molar-refractivity contribution in [3.05, 3.63) is 35.1 Å². The summed E-state index contributed by atoms with van der Waals surface area (Å²) in [4.78, 5) is 2.32. The number of benzene rings is 1. The zero-order valence-electron chi connectivity index (χ0n) is 10.8. The van der Waals surface area contributed by atoms with E-state index in [1.54, 1.807) is 6.07 Å². The Morgan fingerprint density at radius 3 is 2.59 bits per heavy atom. The average molecular weight is 236 g/mol. The molecule has 0 bridgehead atoms. The first-order valence-electron chi connectivity index (χ1n) is 6.28. The van der Waals surface area contributed by atoms with E-state index in [1.165, 1.54) is 0 Å². The summed E-state index contributed by atoms with van der Waals surface area (Å²) in [5, 5.41) is 3.49. The Hall–Kier alpha value is -0.930. The third kappa shape index (κ3) is 3.27. The van der Waals surface area contributed by atoms with Gasteiger partial charge in [-0.15, -0.1) is 0 Å². The van der Waals surface area contributed by atoms with Crippen LogP contribution in [0.15, 0.2) is 18.2 Å². The predicted molar refractivity (Wildman–Crippen MR) is 68.5 cm³/mol. The number of nitrogens with one attached hydrogen (secondary N) is 1. The SMILES string of the molecule is Cc1ccc(F)c(CN2CC(C)NC(C)C2)c1. The first-order valence-corrected chi connectivity index (χ1v) is 6.28. The van der Waals surface area contributed by atoms with Crippen molar-refractivity contribution in [2.45, 2.75) is 39.4 Å². The van der Waals surface area contributed by atoms with Gasteiger partial charge in [0.15, 0.2) is 0 Å². The molecule has 1 aromatic carbocycles. The van der Waals surface area contributed by atoms with Gasteiger partial charge in [0.25, 0.3) is 0 Å². The van der Waals surface area contributed by atoms with Gasteiger partial charge in [-0.1, -0.05) is 17.7 Å². The Morgan fingerprint density at radius 1 is 1.29 bits per heavy atom. The number of aryl methyl sites for hydroxylation is 1. The molecule has 94 valence electrons. The van der Waals surface area contributed by atoms with E-state index in [2.05, 4.69) is 24.1 Å². The van der Waals surface area contributed by atoms with Gasteiger partial charge in [0.2, 0.25) is 0 Å². The Bertz CT molecular complexity index is 382. The Labute approximate surface area is 103 Å². The molecule has 3 heteroatoms. The van der Waals surface area contributed by atoms with Crippen LogP contribution >= 0.6 is 0 Å². The van der Waals surface area contributed by atoms with E-state index in [0.717, 1.165) is 24.2 Å². The fourth-order valence-corrected chi connectivity index (χ4v) is 2.63. The number of hydrogen-bond acceptors (Lipinski definition) is 2. The number of hydrogen-bond donors (Lipinski definition) is 1. The van der Waals surface area contributed by atoms with Crippen LogP contribution in [0.5, 0.6) is 0 Å². The van der Waals surface area contributed by atoms with Gasteiger partial charge in [0.05, 0.1) is 0 Å². The van der Waals surface area contributed by atoms with Gasteiger partial charge in [-0.2, -0.15) is 0 Å². The van der Waals surface area contributed by atoms with Crippen LogP contribution in [-0.2, 0) is 6.54 Å². The topological polar surface area (TPSA) is 15.3 Å². The van der Waals surface area contributed by atoms with Crippen molar-refractivity contribution in [1.82, 2.24) is 10.2 Å². The van der Waals surface area contributed by atoms with E-state index < -0.39 is 0 Å². The third-order valence-corrected chi connectivity index (χ3v) is 3.23. The van der Waals surface area contributed by atoms with Gasteiger partial charge in [-0.05, 0) is 26.8 Å². The zero-order valence-corrected chi connectivity index (χ0v) is 10.8. The number of halogens is 1. The molecule has 1 aromatic rings.